The van der Waals surface area contributed by atoms with Gasteiger partial charge in [0.15, 0.2) is 0 Å². The SMILES string of the molecule is Cc1ccsc1CN(Cc1ccc(F)cc1)C(=O)CN(CC1CCCO1)C(=O)Nc1ccc(F)c(Cl)c1. The molecule has 0 radical (unpaired) electrons. The fourth-order valence-electron chi connectivity index (χ4n) is 4.07. The second-order valence-electron chi connectivity index (χ2n) is 8.98. The molecule has 1 atom stereocenters. The number of urea groups is 1. The molecule has 6 nitrogen and oxygen atoms in total. The summed E-state index contributed by atoms with van der Waals surface area (Å²) in [4.78, 5) is 31.0. The maximum atomic E-state index is 13.6. The van der Waals surface area contributed by atoms with E-state index < -0.39 is 11.8 Å². The summed E-state index contributed by atoms with van der Waals surface area (Å²) in [7, 11) is 0. The number of hydrogen-bond acceptors (Lipinski definition) is 4. The van der Waals surface area contributed by atoms with Gasteiger partial charge in [-0.1, -0.05) is 23.7 Å². The van der Waals surface area contributed by atoms with E-state index in [1.807, 2.05) is 18.4 Å². The Morgan fingerprint density at radius 3 is 2.54 bits per heavy atom. The van der Waals surface area contributed by atoms with E-state index in [1.165, 1.54) is 35.2 Å². The van der Waals surface area contributed by atoms with Gasteiger partial charge in [-0.15, -0.1) is 11.3 Å². The van der Waals surface area contributed by atoms with Crippen molar-refractivity contribution < 1.29 is 23.1 Å². The number of carbonyl (C=O) groups excluding carboxylic acids is 2. The summed E-state index contributed by atoms with van der Waals surface area (Å²) >= 11 is 7.42. The number of aryl methyl sites for hydroxylation is 1. The van der Waals surface area contributed by atoms with E-state index in [2.05, 4.69) is 5.32 Å². The normalized spacial score (nSPS) is 15.0. The molecule has 4 rings (SSSR count). The summed E-state index contributed by atoms with van der Waals surface area (Å²) in [5.74, 6) is -1.20. The Balaban J connectivity index is 1.53. The van der Waals surface area contributed by atoms with E-state index in [0.717, 1.165) is 28.8 Å². The molecular weight excluding hydrogens is 520 g/mol. The molecule has 2 heterocycles. The van der Waals surface area contributed by atoms with Crippen molar-refractivity contribution >= 4 is 40.6 Å². The Morgan fingerprint density at radius 1 is 1.11 bits per heavy atom. The number of hydrogen-bond donors (Lipinski definition) is 1. The first-order chi connectivity index (χ1) is 17.8. The maximum Gasteiger partial charge on any atom is 0.322 e. The summed E-state index contributed by atoms with van der Waals surface area (Å²) in [6.45, 7) is 3.26. The van der Waals surface area contributed by atoms with Crippen LogP contribution in [0.1, 0.15) is 28.8 Å². The number of amides is 3. The van der Waals surface area contributed by atoms with Gasteiger partial charge in [0.25, 0.3) is 0 Å². The maximum absolute atomic E-state index is 13.6. The average Bonchev–Trinajstić information content (AvgIpc) is 3.53. The Hall–Kier alpha value is -3.01. The zero-order valence-electron chi connectivity index (χ0n) is 20.4. The minimum absolute atomic E-state index is 0.114. The van der Waals surface area contributed by atoms with Crippen molar-refractivity contribution in [2.24, 2.45) is 0 Å². The molecule has 37 heavy (non-hydrogen) atoms. The number of nitrogens with zero attached hydrogens (tertiary/aromatic N) is 2. The number of carbonyl (C=O) groups is 2. The van der Waals surface area contributed by atoms with Crippen LogP contribution in [0.5, 0.6) is 0 Å². The predicted octanol–water partition coefficient (Wildman–Crippen LogP) is 6.23. The lowest BCUT2D eigenvalue weighted by molar-refractivity contribution is -0.133. The van der Waals surface area contributed by atoms with Crippen molar-refractivity contribution in [3.05, 3.63) is 86.6 Å². The lowest BCUT2D eigenvalue weighted by Crippen LogP contribution is -2.46. The number of anilines is 1. The van der Waals surface area contributed by atoms with Crippen LogP contribution in [0.15, 0.2) is 53.9 Å². The van der Waals surface area contributed by atoms with Gasteiger partial charge in [0, 0.05) is 30.3 Å². The number of thiophene rings is 1. The Bertz CT molecular complexity index is 1230. The summed E-state index contributed by atoms with van der Waals surface area (Å²) in [6.07, 6.45) is 1.49. The molecule has 2 aromatic carbocycles. The highest BCUT2D eigenvalue weighted by molar-refractivity contribution is 7.10. The van der Waals surface area contributed by atoms with Gasteiger partial charge in [0.05, 0.1) is 17.7 Å². The smallest absolute Gasteiger partial charge is 0.322 e. The van der Waals surface area contributed by atoms with Crippen molar-refractivity contribution in [2.75, 3.05) is 25.0 Å². The highest BCUT2D eigenvalue weighted by Crippen LogP contribution is 2.22. The van der Waals surface area contributed by atoms with Gasteiger partial charge in [-0.25, -0.2) is 13.6 Å². The van der Waals surface area contributed by atoms with Crippen LogP contribution in [0.2, 0.25) is 5.02 Å². The monoisotopic (exact) mass is 547 g/mol. The van der Waals surface area contributed by atoms with Gasteiger partial charge in [-0.2, -0.15) is 0 Å². The van der Waals surface area contributed by atoms with Crippen molar-refractivity contribution in [3.8, 4) is 0 Å². The molecule has 1 aliphatic rings. The lowest BCUT2D eigenvalue weighted by atomic mass is 10.2. The highest BCUT2D eigenvalue weighted by atomic mass is 35.5. The summed E-state index contributed by atoms with van der Waals surface area (Å²) in [6, 6.07) is 11.4. The largest absolute Gasteiger partial charge is 0.376 e. The number of halogens is 3. The molecule has 1 saturated heterocycles. The van der Waals surface area contributed by atoms with Crippen LogP contribution < -0.4 is 5.32 Å². The van der Waals surface area contributed by atoms with Crippen LogP contribution in [-0.4, -0.2) is 47.5 Å². The third kappa shape index (κ3) is 7.50. The third-order valence-corrected chi connectivity index (χ3v) is 7.47. The number of rotatable bonds is 9. The molecule has 1 fully saturated rings. The number of benzene rings is 2. The Labute approximate surface area is 223 Å². The molecule has 3 amide bonds. The zero-order valence-corrected chi connectivity index (χ0v) is 22.0. The predicted molar refractivity (Wildman–Crippen MR) is 141 cm³/mol. The molecule has 10 heteroatoms. The van der Waals surface area contributed by atoms with E-state index in [4.69, 9.17) is 16.3 Å². The van der Waals surface area contributed by atoms with Crippen LogP contribution in [0.4, 0.5) is 19.3 Å². The van der Waals surface area contributed by atoms with E-state index in [1.54, 1.807) is 28.4 Å². The van der Waals surface area contributed by atoms with Crippen LogP contribution >= 0.6 is 22.9 Å². The first-order valence-electron chi connectivity index (χ1n) is 12.0. The minimum Gasteiger partial charge on any atom is -0.376 e. The third-order valence-electron chi connectivity index (χ3n) is 6.17. The molecule has 3 aromatic rings. The minimum atomic E-state index is -0.591. The molecular formula is C27H28ClF2N3O3S. The number of nitrogens with one attached hydrogen (secondary N) is 1. The summed E-state index contributed by atoms with van der Waals surface area (Å²) in [5.41, 5.74) is 2.17. The first kappa shape index (κ1) is 27.0. The van der Waals surface area contributed by atoms with Crippen LogP contribution in [0.3, 0.4) is 0 Å². The van der Waals surface area contributed by atoms with Crippen LogP contribution in [0.25, 0.3) is 0 Å². The molecule has 196 valence electrons. The Kier molecular flexibility index (Phi) is 9.13. The lowest BCUT2D eigenvalue weighted by Gasteiger charge is -2.29. The van der Waals surface area contributed by atoms with Gasteiger partial charge in [0.1, 0.15) is 18.2 Å². The van der Waals surface area contributed by atoms with Gasteiger partial charge in [-0.05, 0) is 72.7 Å². The second-order valence-corrected chi connectivity index (χ2v) is 10.4. The fraction of sp³-hybridized carbons (Fsp3) is 0.333. The van der Waals surface area contributed by atoms with E-state index in [-0.39, 0.29) is 42.5 Å². The van der Waals surface area contributed by atoms with Crippen molar-refractivity contribution in [1.82, 2.24) is 9.80 Å². The average molecular weight is 548 g/mol. The first-order valence-corrected chi connectivity index (χ1v) is 13.2. The van der Waals surface area contributed by atoms with E-state index in [9.17, 15) is 18.4 Å². The molecule has 1 unspecified atom stereocenters. The molecule has 1 aromatic heterocycles. The van der Waals surface area contributed by atoms with Crippen molar-refractivity contribution in [2.45, 2.75) is 39.0 Å². The summed E-state index contributed by atoms with van der Waals surface area (Å²) < 4.78 is 32.7. The topological polar surface area (TPSA) is 61.9 Å². The molecule has 0 spiro atoms. The molecule has 0 saturated carbocycles. The van der Waals surface area contributed by atoms with Crippen LogP contribution in [0, 0.1) is 18.6 Å². The van der Waals surface area contributed by atoms with E-state index >= 15 is 0 Å². The Morgan fingerprint density at radius 2 is 1.89 bits per heavy atom. The number of ether oxygens (including phenoxy) is 1. The van der Waals surface area contributed by atoms with Gasteiger partial charge in [-0.3, -0.25) is 4.79 Å². The second kappa shape index (κ2) is 12.5. The molecule has 0 bridgehead atoms. The van der Waals surface area contributed by atoms with Crippen LogP contribution in [-0.2, 0) is 22.6 Å². The van der Waals surface area contributed by atoms with Crippen molar-refractivity contribution in [1.29, 1.82) is 0 Å². The van der Waals surface area contributed by atoms with Crippen molar-refractivity contribution in [3.63, 3.8) is 0 Å². The standard InChI is InChI=1S/C27H28ClF2N3O3S/c1-18-10-12-37-25(18)16-32(14-19-4-6-20(29)7-5-19)26(34)17-33(15-22-3-2-11-36-22)27(35)31-21-8-9-24(30)23(28)13-21/h4-10,12-13,22H,2-3,11,14-17H2,1H3,(H,31,35). The van der Waals surface area contributed by atoms with Gasteiger partial charge in [0.2, 0.25) is 5.91 Å². The summed E-state index contributed by atoms with van der Waals surface area (Å²) in [5, 5.41) is 4.56. The highest BCUT2D eigenvalue weighted by Gasteiger charge is 2.27. The van der Waals surface area contributed by atoms with E-state index in [0.29, 0.717) is 18.8 Å². The molecule has 1 aliphatic heterocycles. The van der Waals surface area contributed by atoms with Gasteiger partial charge < -0.3 is 19.9 Å². The zero-order chi connectivity index (χ0) is 26.4. The van der Waals surface area contributed by atoms with Gasteiger partial charge >= 0.3 is 6.03 Å². The molecule has 1 N–H and O–H groups in total. The quantitative estimate of drug-likeness (QED) is 0.345. The molecule has 0 aliphatic carbocycles. The fourth-order valence-corrected chi connectivity index (χ4v) is 5.18.